The van der Waals surface area contributed by atoms with Gasteiger partial charge in [-0.1, -0.05) is 17.7 Å². The van der Waals surface area contributed by atoms with Gasteiger partial charge in [0.1, 0.15) is 17.3 Å². The number of carbonyl (C=O) groups is 2. The summed E-state index contributed by atoms with van der Waals surface area (Å²) in [6, 6.07) is 12.4. The Kier molecular flexibility index (Phi) is 7.85. The summed E-state index contributed by atoms with van der Waals surface area (Å²) in [4.78, 5) is 29.7. The van der Waals surface area contributed by atoms with E-state index in [2.05, 4.69) is 15.6 Å². The summed E-state index contributed by atoms with van der Waals surface area (Å²) in [5, 5.41) is 6.33. The number of benzene rings is 2. The van der Waals surface area contributed by atoms with E-state index in [1.807, 2.05) is 32.0 Å². The number of amides is 2. The molecule has 36 heavy (non-hydrogen) atoms. The van der Waals surface area contributed by atoms with E-state index in [0.717, 1.165) is 16.5 Å². The number of pyridine rings is 1. The molecule has 1 aromatic heterocycles. The molecule has 2 amide bonds. The highest BCUT2D eigenvalue weighted by Crippen LogP contribution is 2.26. The second-order valence-corrected chi connectivity index (χ2v) is 10.7. The van der Waals surface area contributed by atoms with Crippen molar-refractivity contribution in [3.05, 3.63) is 65.4 Å². The van der Waals surface area contributed by atoms with Gasteiger partial charge in [0.05, 0.1) is 17.6 Å². The molecule has 0 saturated carbocycles. The zero-order valence-electron chi connectivity index (χ0n) is 20.4. The number of aryl methyl sites for hydroxylation is 2. The molecular weight excluding hydrogens is 480 g/mol. The first-order valence-corrected chi connectivity index (χ1v) is 13.3. The molecule has 2 N–H and O–H groups in total. The Hall–Kier alpha value is -3.50. The van der Waals surface area contributed by atoms with Crippen LogP contribution in [0.3, 0.4) is 0 Å². The van der Waals surface area contributed by atoms with E-state index in [1.54, 1.807) is 30.5 Å². The van der Waals surface area contributed by atoms with Crippen LogP contribution < -0.4 is 15.4 Å². The Morgan fingerprint density at radius 2 is 1.81 bits per heavy atom. The maximum absolute atomic E-state index is 13.8. The smallest absolute Gasteiger partial charge is 0.255 e. The van der Waals surface area contributed by atoms with E-state index < -0.39 is 10.0 Å². The van der Waals surface area contributed by atoms with Crippen molar-refractivity contribution in [1.29, 1.82) is 0 Å². The van der Waals surface area contributed by atoms with Gasteiger partial charge in [-0.25, -0.2) is 8.42 Å². The van der Waals surface area contributed by atoms with Crippen LogP contribution in [-0.2, 0) is 14.8 Å². The summed E-state index contributed by atoms with van der Waals surface area (Å²) in [5.74, 6) is -0.136. The molecule has 0 spiro atoms. The lowest BCUT2D eigenvalue weighted by molar-refractivity contribution is -0.121. The summed E-state index contributed by atoms with van der Waals surface area (Å²) >= 11 is 0. The number of hydrogen-bond donors (Lipinski definition) is 2. The molecule has 0 fully saturated rings. The number of hydrogen-bond acceptors (Lipinski definition) is 6. The molecule has 0 saturated heterocycles. The van der Waals surface area contributed by atoms with Gasteiger partial charge in [-0.05, 0) is 56.2 Å². The minimum absolute atomic E-state index is 0.0416. The van der Waals surface area contributed by atoms with Crippen molar-refractivity contribution in [3.8, 4) is 5.75 Å². The fourth-order valence-corrected chi connectivity index (χ4v) is 5.91. The van der Waals surface area contributed by atoms with E-state index in [4.69, 9.17) is 4.74 Å². The molecule has 190 valence electrons. The van der Waals surface area contributed by atoms with Gasteiger partial charge in [0.15, 0.2) is 0 Å². The van der Waals surface area contributed by atoms with Gasteiger partial charge >= 0.3 is 0 Å². The van der Waals surface area contributed by atoms with Crippen molar-refractivity contribution >= 4 is 32.7 Å². The Labute approximate surface area is 210 Å². The van der Waals surface area contributed by atoms with Crippen molar-refractivity contribution in [3.63, 3.8) is 0 Å². The molecule has 10 heteroatoms. The number of nitrogens with one attached hydrogen (secondary N) is 2. The van der Waals surface area contributed by atoms with Crippen LogP contribution in [0.2, 0.25) is 0 Å². The first kappa shape index (κ1) is 25.6. The van der Waals surface area contributed by atoms with Crippen molar-refractivity contribution in [2.45, 2.75) is 31.6 Å². The van der Waals surface area contributed by atoms with E-state index in [1.165, 1.54) is 4.31 Å². The summed E-state index contributed by atoms with van der Waals surface area (Å²) in [5.41, 5.74) is 2.44. The fraction of sp³-hybridized carbons (Fsp3) is 0.346. The first-order valence-electron chi connectivity index (χ1n) is 11.9. The Morgan fingerprint density at radius 1 is 0.972 bits per heavy atom. The standard InChI is InChI=1S/C26H30N4O5S/c1-18-7-8-22-21(16-18)26(32)29-10-13-30(12-4-6-24(31)27-11-14-35-22)36(33,34)23-17-19(2)15-20-5-3-9-28-25(20)23/h3,5,7-9,15-17H,4,6,10-14H2,1-2H3,(H,27,31)(H,29,32). The number of carbonyl (C=O) groups excluding carboxylic acids is 2. The predicted molar refractivity (Wildman–Crippen MR) is 136 cm³/mol. The molecule has 1 aliphatic rings. The van der Waals surface area contributed by atoms with Crippen molar-refractivity contribution in [2.75, 3.05) is 32.8 Å². The molecule has 2 aromatic carbocycles. The first-order chi connectivity index (χ1) is 17.3. The number of aromatic nitrogens is 1. The Morgan fingerprint density at radius 3 is 2.64 bits per heavy atom. The number of sulfonamides is 1. The average Bonchev–Trinajstić information content (AvgIpc) is 2.85. The van der Waals surface area contributed by atoms with Crippen molar-refractivity contribution in [1.82, 2.24) is 19.9 Å². The van der Waals surface area contributed by atoms with Crippen LogP contribution in [0.4, 0.5) is 0 Å². The van der Waals surface area contributed by atoms with Crippen molar-refractivity contribution in [2.24, 2.45) is 0 Å². The summed E-state index contributed by atoms with van der Waals surface area (Å²) in [6.07, 6.45) is 2.06. The van der Waals surface area contributed by atoms with Gasteiger partial charge in [0.2, 0.25) is 15.9 Å². The molecular formula is C26H30N4O5S. The number of fused-ring (bicyclic) bond motifs is 2. The molecule has 1 aliphatic heterocycles. The maximum atomic E-state index is 13.8. The second-order valence-electron chi connectivity index (χ2n) is 8.80. The molecule has 2 heterocycles. The van der Waals surface area contributed by atoms with Crippen LogP contribution in [0.1, 0.15) is 34.3 Å². The molecule has 0 aliphatic carbocycles. The molecule has 0 atom stereocenters. The highest BCUT2D eigenvalue weighted by Gasteiger charge is 2.27. The monoisotopic (exact) mass is 510 g/mol. The summed E-state index contributed by atoms with van der Waals surface area (Å²) < 4.78 is 34.7. The number of ether oxygens (including phenoxy) is 1. The third kappa shape index (κ3) is 5.83. The van der Waals surface area contributed by atoms with Crippen molar-refractivity contribution < 1.29 is 22.7 Å². The highest BCUT2D eigenvalue weighted by molar-refractivity contribution is 7.89. The van der Waals surface area contributed by atoms with Crippen LogP contribution in [0, 0.1) is 13.8 Å². The van der Waals surface area contributed by atoms with E-state index >= 15 is 0 Å². The van der Waals surface area contributed by atoms with Gasteiger partial charge in [-0.15, -0.1) is 0 Å². The summed E-state index contributed by atoms with van der Waals surface area (Å²) in [6.45, 7) is 4.45. The predicted octanol–water partition coefficient (Wildman–Crippen LogP) is 2.56. The molecule has 4 rings (SSSR count). The van der Waals surface area contributed by atoms with Gasteiger partial charge < -0.3 is 15.4 Å². The molecule has 0 bridgehead atoms. The lowest BCUT2D eigenvalue weighted by Gasteiger charge is -2.23. The minimum Gasteiger partial charge on any atom is -0.491 e. The zero-order chi connectivity index (χ0) is 25.7. The van der Waals surface area contributed by atoms with Crippen LogP contribution in [-0.4, -0.2) is 62.3 Å². The lowest BCUT2D eigenvalue weighted by Crippen LogP contribution is -2.39. The van der Waals surface area contributed by atoms with Crippen LogP contribution in [0.25, 0.3) is 10.9 Å². The maximum Gasteiger partial charge on any atom is 0.255 e. The lowest BCUT2D eigenvalue weighted by atomic mass is 10.1. The zero-order valence-corrected chi connectivity index (χ0v) is 21.2. The topological polar surface area (TPSA) is 118 Å². The molecule has 3 aromatic rings. The molecule has 0 unspecified atom stereocenters. The average molecular weight is 511 g/mol. The van der Waals surface area contributed by atoms with Crippen LogP contribution in [0.5, 0.6) is 5.75 Å². The van der Waals surface area contributed by atoms with Gasteiger partial charge in [-0.2, -0.15) is 4.31 Å². The van der Waals surface area contributed by atoms with E-state index in [9.17, 15) is 18.0 Å². The number of rotatable bonds is 2. The SMILES string of the molecule is Cc1ccc2c(c1)C(=O)NCCN(S(=O)(=O)c1cc(C)cc3cccnc13)CCCC(=O)NCCO2. The Bertz CT molecular complexity index is 1390. The van der Waals surface area contributed by atoms with Gasteiger partial charge in [0.25, 0.3) is 5.91 Å². The Balaban J connectivity index is 1.64. The minimum atomic E-state index is -3.96. The van der Waals surface area contributed by atoms with E-state index in [-0.39, 0.29) is 55.9 Å². The largest absolute Gasteiger partial charge is 0.491 e. The number of nitrogens with zero attached hydrogens (tertiary/aromatic N) is 2. The molecule has 0 radical (unpaired) electrons. The molecule has 9 nitrogen and oxygen atoms in total. The normalized spacial score (nSPS) is 16.7. The fourth-order valence-electron chi connectivity index (χ4n) is 4.18. The quantitative estimate of drug-likeness (QED) is 0.547. The second kappa shape index (κ2) is 11.0. The summed E-state index contributed by atoms with van der Waals surface area (Å²) in [7, 11) is -3.96. The van der Waals surface area contributed by atoms with Crippen LogP contribution >= 0.6 is 0 Å². The third-order valence-electron chi connectivity index (χ3n) is 5.95. The van der Waals surface area contributed by atoms with Crippen LogP contribution in [0.15, 0.2) is 53.6 Å². The highest BCUT2D eigenvalue weighted by atomic mass is 32.2. The van der Waals surface area contributed by atoms with Gasteiger partial charge in [0, 0.05) is 37.6 Å². The third-order valence-corrected chi connectivity index (χ3v) is 7.86. The van der Waals surface area contributed by atoms with E-state index in [0.29, 0.717) is 23.3 Å². The van der Waals surface area contributed by atoms with Gasteiger partial charge in [-0.3, -0.25) is 14.6 Å².